The number of carbonyl (C=O) groups is 2. The number of hydrogen-bond acceptors (Lipinski definition) is 8. The maximum absolute atomic E-state index is 13.2. The lowest BCUT2D eigenvalue weighted by atomic mass is 9.84. The molecule has 0 saturated carbocycles. The zero-order valence-electron chi connectivity index (χ0n) is 21.2. The Kier molecular flexibility index (Phi) is 6.76. The summed E-state index contributed by atoms with van der Waals surface area (Å²) >= 11 is 1.07. The second-order valence-corrected chi connectivity index (χ2v) is 11.0. The minimum atomic E-state index is -4.91. The number of aryl methyl sites for hydroxylation is 1. The maximum Gasteiger partial charge on any atom is 0.574 e. The lowest BCUT2D eigenvalue weighted by molar-refractivity contribution is -0.275. The van der Waals surface area contributed by atoms with Crippen molar-refractivity contribution in [2.75, 3.05) is 30.3 Å². The lowest BCUT2D eigenvalue weighted by Crippen LogP contribution is -2.54. The van der Waals surface area contributed by atoms with Gasteiger partial charge in [0.2, 0.25) is 11.8 Å². The van der Waals surface area contributed by atoms with Gasteiger partial charge in [0.15, 0.2) is 0 Å². The molecule has 4 aromatic heterocycles. The largest absolute Gasteiger partial charge is 0.574 e. The zero-order valence-corrected chi connectivity index (χ0v) is 22.0. The third-order valence-corrected chi connectivity index (χ3v) is 7.12. The van der Waals surface area contributed by atoms with Gasteiger partial charge in [-0.05, 0) is 30.5 Å². The predicted molar refractivity (Wildman–Crippen MR) is 139 cm³/mol. The van der Waals surface area contributed by atoms with Gasteiger partial charge in [-0.25, -0.2) is 9.50 Å². The number of hydrogen-bond donors (Lipinski definition) is 2. The summed E-state index contributed by atoms with van der Waals surface area (Å²) in [7, 11) is 0. The third kappa shape index (κ3) is 6.01. The SMILES string of the molecule is Cc1ncc(NC(=O)CN2CC(C)(C)C2)cc1NC(=O)c1cnn2cc(-c3cccnc3OC(F)(F)F)sc12. The topological polar surface area (TPSA) is 114 Å². The number of carbonyl (C=O) groups excluding carboxylic acids is 2. The van der Waals surface area contributed by atoms with Gasteiger partial charge in [0.25, 0.3) is 5.91 Å². The fourth-order valence-electron chi connectivity index (χ4n) is 4.43. The molecule has 1 fully saturated rings. The monoisotopic (exact) mass is 559 g/mol. The second kappa shape index (κ2) is 9.93. The highest BCUT2D eigenvalue weighted by Gasteiger charge is 2.35. The number of nitrogens with zero attached hydrogens (tertiary/aromatic N) is 5. The highest BCUT2D eigenvalue weighted by atomic mass is 32.1. The minimum absolute atomic E-state index is 0.113. The van der Waals surface area contributed by atoms with E-state index >= 15 is 0 Å². The fourth-order valence-corrected chi connectivity index (χ4v) is 5.51. The number of pyridine rings is 2. The van der Waals surface area contributed by atoms with Crippen LogP contribution in [-0.4, -0.2) is 62.3 Å². The van der Waals surface area contributed by atoms with Gasteiger partial charge in [-0.3, -0.25) is 19.5 Å². The molecule has 39 heavy (non-hydrogen) atoms. The molecule has 10 nitrogen and oxygen atoms in total. The summed E-state index contributed by atoms with van der Waals surface area (Å²) in [5.41, 5.74) is 1.90. The Labute approximate surface area is 224 Å². The number of amides is 2. The number of thiazole rings is 1. The molecule has 2 N–H and O–H groups in total. The molecular weight excluding hydrogens is 535 g/mol. The van der Waals surface area contributed by atoms with Crippen molar-refractivity contribution < 1.29 is 27.5 Å². The predicted octanol–water partition coefficient (Wildman–Crippen LogP) is 4.59. The Balaban J connectivity index is 1.32. The number of ether oxygens (including phenoxy) is 1. The van der Waals surface area contributed by atoms with Gasteiger partial charge in [0, 0.05) is 25.5 Å². The molecule has 5 heterocycles. The third-order valence-electron chi connectivity index (χ3n) is 5.98. The normalized spacial score (nSPS) is 15.1. The van der Waals surface area contributed by atoms with Crippen LogP contribution in [0.2, 0.25) is 0 Å². The molecule has 0 aliphatic carbocycles. The van der Waals surface area contributed by atoms with E-state index in [1.807, 2.05) is 4.90 Å². The van der Waals surface area contributed by atoms with Crippen molar-refractivity contribution in [3.05, 3.63) is 54.2 Å². The maximum atomic E-state index is 13.2. The van der Waals surface area contributed by atoms with Crippen LogP contribution in [0, 0.1) is 12.3 Å². The molecule has 2 amide bonds. The van der Waals surface area contributed by atoms with Crippen molar-refractivity contribution in [3.8, 4) is 16.3 Å². The van der Waals surface area contributed by atoms with Gasteiger partial charge in [0.1, 0.15) is 4.83 Å². The summed E-state index contributed by atoms with van der Waals surface area (Å²) in [5.74, 6) is -1.27. The fraction of sp³-hybridized carbons (Fsp3) is 0.320. The van der Waals surface area contributed by atoms with E-state index < -0.39 is 18.1 Å². The molecule has 0 aromatic carbocycles. The number of fused-ring (bicyclic) bond motifs is 1. The van der Waals surface area contributed by atoms with E-state index in [9.17, 15) is 22.8 Å². The molecule has 0 unspecified atom stereocenters. The average Bonchev–Trinajstić information content (AvgIpc) is 3.40. The summed E-state index contributed by atoms with van der Waals surface area (Å²) in [5, 5.41) is 9.77. The molecule has 1 aliphatic rings. The van der Waals surface area contributed by atoms with Gasteiger partial charge < -0.3 is 15.4 Å². The Morgan fingerprint density at radius 1 is 1.18 bits per heavy atom. The van der Waals surface area contributed by atoms with Crippen LogP contribution in [0.4, 0.5) is 24.5 Å². The average molecular weight is 560 g/mol. The van der Waals surface area contributed by atoms with Gasteiger partial charge in [-0.1, -0.05) is 13.8 Å². The summed E-state index contributed by atoms with van der Waals surface area (Å²) in [4.78, 5) is 36.4. The van der Waals surface area contributed by atoms with Crippen molar-refractivity contribution in [1.29, 1.82) is 0 Å². The highest BCUT2D eigenvalue weighted by Crippen LogP contribution is 2.37. The van der Waals surface area contributed by atoms with Crippen LogP contribution in [0.3, 0.4) is 0 Å². The number of rotatable bonds is 7. The van der Waals surface area contributed by atoms with E-state index in [1.54, 1.807) is 13.0 Å². The van der Waals surface area contributed by atoms with E-state index in [0.717, 1.165) is 24.4 Å². The van der Waals surface area contributed by atoms with E-state index in [-0.39, 0.29) is 29.0 Å². The van der Waals surface area contributed by atoms with E-state index in [4.69, 9.17) is 0 Å². The smallest absolute Gasteiger partial charge is 0.387 e. The number of alkyl halides is 3. The second-order valence-electron chi connectivity index (χ2n) is 9.98. The molecule has 4 aromatic rings. The summed E-state index contributed by atoms with van der Waals surface area (Å²) < 4.78 is 44.0. The molecule has 5 rings (SSSR count). The summed E-state index contributed by atoms with van der Waals surface area (Å²) in [6.07, 6.45) is 0.669. The molecule has 1 aliphatic heterocycles. The molecule has 0 spiro atoms. The van der Waals surface area contributed by atoms with Crippen LogP contribution >= 0.6 is 11.3 Å². The van der Waals surface area contributed by atoms with E-state index in [0.29, 0.717) is 26.8 Å². The van der Waals surface area contributed by atoms with Gasteiger partial charge in [-0.15, -0.1) is 24.5 Å². The first-order valence-corrected chi connectivity index (χ1v) is 12.7. The number of halogens is 3. The molecule has 0 radical (unpaired) electrons. The first kappa shape index (κ1) is 26.6. The summed E-state index contributed by atoms with van der Waals surface area (Å²) in [6, 6.07) is 4.55. The van der Waals surface area contributed by atoms with Crippen LogP contribution in [-0.2, 0) is 4.79 Å². The van der Waals surface area contributed by atoms with Crippen LogP contribution < -0.4 is 15.4 Å². The first-order chi connectivity index (χ1) is 18.4. The standard InChI is InChI=1S/C25H24F3N7O3S/c1-14-18(7-15(8-30-14)32-20(36)11-34-12-24(2,3)13-34)33-21(37)17-9-31-35-10-19(39-23(17)35)16-5-4-6-29-22(16)38-25(26,27)28/h4-10H,11-13H2,1-3H3,(H,32,36)(H,33,37). The van der Waals surface area contributed by atoms with Gasteiger partial charge >= 0.3 is 6.36 Å². The first-order valence-electron chi connectivity index (χ1n) is 11.9. The quantitative estimate of drug-likeness (QED) is 0.340. The Morgan fingerprint density at radius 2 is 1.95 bits per heavy atom. The minimum Gasteiger partial charge on any atom is -0.387 e. The van der Waals surface area contributed by atoms with Crippen molar-refractivity contribution in [2.45, 2.75) is 27.1 Å². The Hall–Kier alpha value is -4.04. The Morgan fingerprint density at radius 3 is 2.67 bits per heavy atom. The van der Waals surface area contributed by atoms with Crippen LogP contribution in [0.1, 0.15) is 29.9 Å². The van der Waals surface area contributed by atoms with E-state index in [2.05, 4.69) is 44.3 Å². The highest BCUT2D eigenvalue weighted by molar-refractivity contribution is 7.21. The van der Waals surface area contributed by atoms with Crippen molar-refractivity contribution >= 4 is 39.4 Å². The van der Waals surface area contributed by atoms with Crippen LogP contribution in [0.15, 0.2) is 43.0 Å². The molecule has 204 valence electrons. The number of likely N-dealkylation sites (tertiary alicyclic amines) is 1. The van der Waals surface area contributed by atoms with Crippen molar-refractivity contribution in [3.63, 3.8) is 0 Å². The number of aromatic nitrogens is 4. The van der Waals surface area contributed by atoms with E-state index in [1.165, 1.54) is 41.4 Å². The molecule has 0 atom stereocenters. The van der Waals surface area contributed by atoms with Crippen molar-refractivity contribution in [2.24, 2.45) is 5.41 Å². The van der Waals surface area contributed by atoms with Gasteiger partial charge in [0.05, 0.1) is 52.0 Å². The molecule has 1 saturated heterocycles. The zero-order chi connectivity index (χ0) is 27.9. The Bertz CT molecular complexity index is 1560. The number of anilines is 2. The van der Waals surface area contributed by atoms with Crippen molar-refractivity contribution in [1.82, 2.24) is 24.5 Å². The molecule has 14 heteroatoms. The summed E-state index contributed by atoms with van der Waals surface area (Å²) in [6.45, 7) is 7.95. The van der Waals surface area contributed by atoms with Crippen LogP contribution in [0.5, 0.6) is 5.88 Å². The molecular formula is C25H24F3N7O3S. The van der Waals surface area contributed by atoms with Gasteiger partial charge in [-0.2, -0.15) is 5.10 Å². The number of nitrogens with one attached hydrogen (secondary N) is 2. The molecule has 0 bridgehead atoms. The van der Waals surface area contributed by atoms with Crippen LogP contribution in [0.25, 0.3) is 15.3 Å². The lowest BCUT2D eigenvalue weighted by Gasteiger charge is -2.45.